The van der Waals surface area contributed by atoms with Crippen LogP contribution in [0.15, 0.2) is 35.7 Å². The van der Waals surface area contributed by atoms with Gasteiger partial charge in [-0.25, -0.2) is 0 Å². The largest absolute Gasteiger partial charge is 0.355 e. The molecule has 1 aromatic carbocycles. The minimum Gasteiger partial charge on any atom is -0.355 e. The molecule has 1 aromatic heterocycles. The molecule has 1 amide bonds. The highest BCUT2D eigenvalue weighted by Crippen LogP contribution is 2.32. The summed E-state index contributed by atoms with van der Waals surface area (Å²) in [6.07, 6.45) is 1.85. The van der Waals surface area contributed by atoms with E-state index in [1.165, 1.54) is 10.4 Å². The molecule has 0 radical (unpaired) electrons. The van der Waals surface area contributed by atoms with E-state index in [0.717, 1.165) is 30.0 Å². The van der Waals surface area contributed by atoms with Crippen LogP contribution in [-0.4, -0.2) is 30.4 Å². The number of nitrogens with zero attached hydrogens (tertiary/aromatic N) is 1. The zero-order chi connectivity index (χ0) is 16.2. The lowest BCUT2D eigenvalue weighted by molar-refractivity contribution is -0.122. The second kappa shape index (κ2) is 7.47. The molecule has 1 aliphatic heterocycles. The van der Waals surface area contributed by atoms with Gasteiger partial charge in [0.05, 0.1) is 6.54 Å². The number of hydrogen-bond donors (Lipinski definition) is 1. The lowest BCUT2D eigenvalue weighted by Gasteiger charge is -2.32. The molecule has 2 heterocycles. The summed E-state index contributed by atoms with van der Waals surface area (Å²) in [6, 6.07) is 10.3. The fourth-order valence-corrected chi connectivity index (χ4v) is 4.23. The zero-order valence-electron chi connectivity index (χ0n) is 13.2. The Morgan fingerprint density at radius 3 is 3.13 bits per heavy atom. The van der Waals surface area contributed by atoms with Gasteiger partial charge in [-0.2, -0.15) is 0 Å². The van der Waals surface area contributed by atoms with Gasteiger partial charge in [-0.15, -0.1) is 11.3 Å². The van der Waals surface area contributed by atoms with Gasteiger partial charge in [-0.3, -0.25) is 9.69 Å². The highest BCUT2D eigenvalue weighted by atomic mass is 35.5. The lowest BCUT2D eigenvalue weighted by atomic mass is 10.0. The maximum atomic E-state index is 12.2. The quantitative estimate of drug-likeness (QED) is 0.894. The minimum absolute atomic E-state index is 0.0950. The van der Waals surface area contributed by atoms with E-state index in [1.54, 1.807) is 0 Å². The van der Waals surface area contributed by atoms with E-state index >= 15 is 0 Å². The number of nitrogens with one attached hydrogen (secondary N) is 1. The molecule has 1 aliphatic rings. The molecule has 1 atom stereocenters. The Balaban J connectivity index is 1.47. The molecular formula is C18H21ClN2OS. The predicted molar refractivity (Wildman–Crippen MR) is 96.2 cm³/mol. The van der Waals surface area contributed by atoms with Crippen molar-refractivity contribution in [2.75, 3.05) is 19.6 Å². The van der Waals surface area contributed by atoms with E-state index in [-0.39, 0.29) is 5.91 Å². The van der Waals surface area contributed by atoms with Crippen molar-refractivity contribution in [1.29, 1.82) is 0 Å². The molecule has 0 saturated heterocycles. The van der Waals surface area contributed by atoms with E-state index < -0.39 is 0 Å². The highest BCUT2D eigenvalue weighted by molar-refractivity contribution is 7.10. The Labute approximate surface area is 146 Å². The SMILES string of the molecule is C[C@@H]1c2ccsc2CCN1CC(=O)NCCc1cccc(Cl)c1. The first kappa shape index (κ1) is 16.5. The molecule has 0 spiro atoms. The molecule has 0 unspecified atom stereocenters. The fourth-order valence-electron chi connectivity index (χ4n) is 3.06. The average Bonchev–Trinajstić information content (AvgIpc) is 3.00. The summed E-state index contributed by atoms with van der Waals surface area (Å²) in [5, 5.41) is 5.90. The second-order valence-corrected chi connectivity index (χ2v) is 7.36. The van der Waals surface area contributed by atoms with Gasteiger partial charge in [-0.05, 0) is 54.5 Å². The maximum absolute atomic E-state index is 12.2. The van der Waals surface area contributed by atoms with Gasteiger partial charge in [0.25, 0.3) is 0 Å². The molecule has 3 rings (SSSR count). The summed E-state index contributed by atoms with van der Waals surface area (Å²) in [5.41, 5.74) is 2.53. The normalized spacial score (nSPS) is 17.7. The molecule has 3 nitrogen and oxygen atoms in total. The number of thiophene rings is 1. The lowest BCUT2D eigenvalue weighted by Crippen LogP contribution is -2.41. The van der Waals surface area contributed by atoms with Crippen LogP contribution in [0.25, 0.3) is 0 Å². The molecule has 122 valence electrons. The molecule has 23 heavy (non-hydrogen) atoms. The van der Waals surface area contributed by atoms with E-state index in [2.05, 4.69) is 28.6 Å². The Hall–Kier alpha value is -1.36. The molecule has 0 bridgehead atoms. The van der Waals surface area contributed by atoms with Crippen molar-refractivity contribution in [3.63, 3.8) is 0 Å². The molecule has 1 N–H and O–H groups in total. The van der Waals surface area contributed by atoms with Crippen molar-refractivity contribution < 1.29 is 4.79 Å². The Morgan fingerprint density at radius 2 is 2.30 bits per heavy atom. The Bertz CT molecular complexity index is 685. The van der Waals surface area contributed by atoms with Gasteiger partial charge >= 0.3 is 0 Å². The number of amides is 1. The Kier molecular flexibility index (Phi) is 5.36. The summed E-state index contributed by atoms with van der Waals surface area (Å²) in [6.45, 7) is 4.25. The third-order valence-electron chi connectivity index (χ3n) is 4.38. The molecule has 0 saturated carbocycles. The van der Waals surface area contributed by atoms with Crippen LogP contribution >= 0.6 is 22.9 Å². The first-order valence-electron chi connectivity index (χ1n) is 7.95. The first-order valence-corrected chi connectivity index (χ1v) is 9.20. The minimum atomic E-state index is 0.0950. The number of carbonyl (C=O) groups excluding carboxylic acids is 1. The van der Waals surface area contributed by atoms with Gasteiger partial charge in [-0.1, -0.05) is 23.7 Å². The molecule has 0 fully saturated rings. The van der Waals surface area contributed by atoms with Crippen LogP contribution in [0.4, 0.5) is 0 Å². The van der Waals surface area contributed by atoms with Crippen molar-refractivity contribution in [3.05, 3.63) is 56.7 Å². The van der Waals surface area contributed by atoms with Crippen LogP contribution in [-0.2, 0) is 17.6 Å². The first-order chi connectivity index (χ1) is 11.1. The van der Waals surface area contributed by atoms with Crippen molar-refractivity contribution in [3.8, 4) is 0 Å². The molecular weight excluding hydrogens is 328 g/mol. The molecule has 0 aliphatic carbocycles. The van der Waals surface area contributed by atoms with Crippen LogP contribution in [0, 0.1) is 0 Å². The standard InChI is InChI=1S/C18H21ClN2OS/c1-13-16-7-10-23-17(16)6-9-21(13)12-18(22)20-8-5-14-3-2-4-15(19)11-14/h2-4,7,10-11,13H,5-6,8-9,12H2,1H3,(H,20,22)/t13-/m1/s1. The van der Waals surface area contributed by atoms with Gasteiger partial charge in [0.2, 0.25) is 5.91 Å². The van der Waals surface area contributed by atoms with Crippen LogP contribution < -0.4 is 5.32 Å². The highest BCUT2D eigenvalue weighted by Gasteiger charge is 2.25. The van der Waals surface area contributed by atoms with E-state index in [4.69, 9.17) is 11.6 Å². The van der Waals surface area contributed by atoms with E-state index in [9.17, 15) is 4.79 Å². The number of rotatable bonds is 5. The van der Waals surface area contributed by atoms with Gasteiger partial charge in [0.15, 0.2) is 0 Å². The Morgan fingerprint density at radius 1 is 1.43 bits per heavy atom. The summed E-state index contributed by atoms with van der Waals surface area (Å²) in [4.78, 5) is 15.9. The van der Waals surface area contributed by atoms with Gasteiger partial charge in [0, 0.05) is 29.0 Å². The van der Waals surface area contributed by atoms with Gasteiger partial charge < -0.3 is 5.32 Å². The van der Waals surface area contributed by atoms with Crippen LogP contribution in [0.3, 0.4) is 0 Å². The van der Waals surface area contributed by atoms with E-state index in [1.807, 2.05) is 35.6 Å². The van der Waals surface area contributed by atoms with E-state index in [0.29, 0.717) is 19.1 Å². The molecule has 5 heteroatoms. The predicted octanol–water partition coefficient (Wildman–Crippen LogP) is 3.68. The number of hydrogen-bond acceptors (Lipinski definition) is 3. The maximum Gasteiger partial charge on any atom is 0.234 e. The second-order valence-electron chi connectivity index (χ2n) is 5.93. The summed E-state index contributed by atoms with van der Waals surface area (Å²) < 4.78 is 0. The number of carbonyl (C=O) groups is 1. The number of benzene rings is 1. The molecule has 2 aromatic rings. The summed E-state index contributed by atoms with van der Waals surface area (Å²) in [7, 11) is 0. The summed E-state index contributed by atoms with van der Waals surface area (Å²) >= 11 is 7.79. The number of halogens is 1. The third kappa shape index (κ3) is 4.14. The van der Waals surface area contributed by atoms with Crippen LogP contribution in [0.1, 0.15) is 29.0 Å². The monoisotopic (exact) mass is 348 g/mol. The summed E-state index contributed by atoms with van der Waals surface area (Å²) in [5.74, 6) is 0.0950. The zero-order valence-corrected chi connectivity index (χ0v) is 14.8. The fraction of sp³-hybridized carbons (Fsp3) is 0.389. The average molecular weight is 349 g/mol. The number of fused-ring (bicyclic) bond motifs is 1. The van der Waals surface area contributed by atoms with Crippen molar-refractivity contribution >= 4 is 28.8 Å². The topological polar surface area (TPSA) is 32.3 Å². The van der Waals surface area contributed by atoms with Crippen molar-refractivity contribution in [2.45, 2.75) is 25.8 Å². The third-order valence-corrected chi connectivity index (χ3v) is 5.61. The van der Waals surface area contributed by atoms with Crippen LogP contribution in [0.5, 0.6) is 0 Å². The smallest absolute Gasteiger partial charge is 0.234 e. The van der Waals surface area contributed by atoms with Crippen LogP contribution in [0.2, 0.25) is 5.02 Å². The van der Waals surface area contributed by atoms with Gasteiger partial charge in [0.1, 0.15) is 0 Å². The van der Waals surface area contributed by atoms with Crippen molar-refractivity contribution in [1.82, 2.24) is 10.2 Å². The van der Waals surface area contributed by atoms with Crippen molar-refractivity contribution in [2.24, 2.45) is 0 Å².